The Bertz CT molecular complexity index is 1090. The number of imidazole rings is 1. The van der Waals surface area contributed by atoms with E-state index < -0.39 is 42.1 Å². The first-order valence-corrected chi connectivity index (χ1v) is 11.3. The first-order chi connectivity index (χ1) is 15.4. The van der Waals surface area contributed by atoms with Gasteiger partial charge in [0.15, 0.2) is 17.4 Å². The molecule has 11 nitrogen and oxygen atoms in total. The second kappa shape index (κ2) is 7.08. The molecule has 5 aliphatic rings. The van der Waals surface area contributed by atoms with E-state index in [1.807, 2.05) is 0 Å². The third-order valence-electron chi connectivity index (χ3n) is 7.98. The predicted molar refractivity (Wildman–Crippen MR) is 110 cm³/mol. The van der Waals surface area contributed by atoms with Gasteiger partial charge in [0, 0.05) is 0 Å². The average Bonchev–Trinajstić information content (AvgIpc) is 3.28. The fourth-order valence-corrected chi connectivity index (χ4v) is 6.91. The Labute approximate surface area is 182 Å². The van der Waals surface area contributed by atoms with Crippen LogP contribution in [0.3, 0.4) is 0 Å². The van der Waals surface area contributed by atoms with Gasteiger partial charge in [0.1, 0.15) is 18.3 Å². The summed E-state index contributed by atoms with van der Waals surface area (Å²) in [6.07, 6.45) is 2.94. The number of H-pyrrole nitrogens is 1. The van der Waals surface area contributed by atoms with E-state index in [-0.39, 0.29) is 23.0 Å². The quantitative estimate of drug-likeness (QED) is 0.435. The maximum Gasteiger partial charge on any atom is 0.280 e. The van der Waals surface area contributed by atoms with Gasteiger partial charge >= 0.3 is 0 Å². The number of hydrogen-bond acceptors (Lipinski definition) is 8. The van der Waals surface area contributed by atoms with Crippen LogP contribution in [-0.2, 0) is 9.53 Å². The SMILES string of the molecule is O=C(Nc1nc2c(ncn2[C@@H]2O[C@@H](CO)[C@@H](O)[C@H]2O)c(=O)[nH]1)C12CC3CC(CC(C3)C1)C2. The molecule has 4 bridgehead atoms. The molecule has 172 valence electrons. The number of hydrogen-bond donors (Lipinski definition) is 5. The molecular weight excluding hydrogens is 418 g/mol. The number of aromatic amines is 1. The Balaban J connectivity index is 1.31. The number of aromatic nitrogens is 4. The Morgan fingerprint density at radius 2 is 1.84 bits per heavy atom. The lowest BCUT2D eigenvalue weighted by atomic mass is 9.49. The van der Waals surface area contributed by atoms with Gasteiger partial charge in [-0.25, -0.2) is 4.98 Å². The minimum atomic E-state index is -1.34. The van der Waals surface area contributed by atoms with Gasteiger partial charge in [-0.2, -0.15) is 4.98 Å². The second-order valence-electron chi connectivity index (χ2n) is 10.1. The summed E-state index contributed by atoms with van der Waals surface area (Å²) < 4.78 is 6.89. The van der Waals surface area contributed by atoms with Crippen LogP contribution >= 0.6 is 0 Å². The van der Waals surface area contributed by atoms with Crippen molar-refractivity contribution in [2.45, 2.75) is 63.1 Å². The van der Waals surface area contributed by atoms with Gasteiger partial charge in [0.2, 0.25) is 11.9 Å². The van der Waals surface area contributed by atoms with Gasteiger partial charge in [-0.3, -0.25) is 24.5 Å². The standard InChI is InChI=1S/C21H27N5O6/c27-7-12-14(28)15(29)18(32-12)26-8-22-13-16(26)23-20(24-17(13)30)25-19(31)21-4-9-1-10(5-21)3-11(2-9)6-21/h8-12,14-15,18,27-29H,1-7H2,(H2,23,24,25,30,31)/t9?,10?,11?,12-,14+,15+,18+,21?/m0/s1. The fourth-order valence-electron chi connectivity index (χ4n) is 6.91. The van der Waals surface area contributed by atoms with Crippen molar-refractivity contribution >= 4 is 23.0 Å². The van der Waals surface area contributed by atoms with Crippen LogP contribution < -0.4 is 10.9 Å². The van der Waals surface area contributed by atoms with E-state index >= 15 is 0 Å². The molecule has 1 amide bonds. The van der Waals surface area contributed by atoms with Crippen molar-refractivity contribution in [1.29, 1.82) is 0 Å². The second-order valence-corrected chi connectivity index (χ2v) is 10.1. The van der Waals surface area contributed by atoms with Crippen LogP contribution in [0.25, 0.3) is 11.2 Å². The van der Waals surface area contributed by atoms with Crippen molar-refractivity contribution in [3.8, 4) is 0 Å². The molecule has 3 heterocycles. The van der Waals surface area contributed by atoms with Crippen molar-refractivity contribution in [3.05, 3.63) is 16.7 Å². The zero-order valence-electron chi connectivity index (χ0n) is 17.5. The molecule has 5 N–H and O–H groups in total. The molecule has 2 aromatic rings. The van der Waals surface area contributed by atoms with Gasteiger partial charge in [-0.1, -0.05) is 0 Å². The third-order valence-corrected chi connectivity index (χ3v) is 7.98. The van der Waals surface area contributed by atoms with E-state index in [1.54, 1.807) is 0 Å². The molecule has 5 fully saturated rings. The van der Waals surface area contributed by atoms with Crippen molar-refractivity contribution in [2.24, 2.45) is 23.2 Å². The molecule has 0 spiro atoms. The zero-order chi connectivity index (χ0) is 22.2. The van der Waals surface area contributed by atoms with Crippen LogP contribution in [0.2, 0.25) is 0 Å². The average molecular weight is 445 g/mol. The Hall–Kier alpha value is -2.34. The van der Waals surface area contributed by atoms with E-state index in [1.165, 1.54) is 30.2 Å². The van der Waals surface area contributed by atoms with Crippen LogP contribution in [0, 0.1) is 23.2 Å². The molecule has 0 radical (unpaired) electrons. The van der Waals surface area contributed by atoms with Gasteiger partial charge in [0.25, 0.3) is 5.56 Å². The highest BCUT2D eigenvalue weighted by Gasteiger charge is 2.54. The number of nitrogens with one attached hydrogen (secondary N) is 2. The van der Waals surface area contributed by atoms with E-state index in [0.29, 0.717) is 17.8 Å². The summed E-state index contributed by atoms with van der Waals surface area (Å²) >= 11 is 0. The summed E-state index contributed by atoms with van der Waals surface area (Å²) in [5, 5.41) is 32.6. The van der Waals surface area contributed by atoms with Crippen LogP contribution in [0.5, 0.6) is 0 Å². The van der Waals surface area contributed by atoms with Crippen molar-refractivity contribution in [3.63, 3.8) is 0 Å². The zero-order valence-corrected chi connectivity index (χ0v) is 17.5. The van der Waals surface area contributed by atoms with Crippen LogP contribution in [0.4, 0.5) is 5.95 Å². The predicted octanol–water partition coefficient (Wildman–Crippen LogP) is -0.114. The maximum absolute atomic E-state index is 13.3. The molecule has 7 rings (SSSR count). The van der Waals surface area contributed by atoms with E-state index in [2.05, 4.69) is 20.3 Å². The van der Waals surface area contributed by atoms with E-state index in [0.717, 1.165) is 19.3 Å². The minimum Gasteiger partial charge on any atom is -0.394 e. The molecule has 0 aromatic carbocycles. The van der Waals surface area contributed by atoms with E-state index in [4.69, 9.17) is 4.74 Å². The highest BCUT2D eigenvalue weighted by molar-refractivity contribution is 5.94. The summed E-state index contributed by atoms with van der Waals surface area (Å²) in [5.74, 6) is 1.74. The largest absolute Gasteiger partial charge is 0.394 e. The van der Waals surface area contributed by atoms with Gasteiger partial charge in [-0.15, -0.1) is 0 Å². The molecule has 2 aromatic heterocycles. The number of aliphatic hydroxyl groups is 3. The topological polar surface area (TPSA) is 163 Å². The summed E-state index contributed by atoms with van der Waals surface area (Å²) in [6.45, 7) is -0.470. The molecule has 1 aliphatic heterocycles. The van der Waals surface area contributed by atoms with Crippen LogP contribution in [0.1, 0.15) is 44.8 Å². The first-order valence-electron chi connectivity index (χ1n) is 11.3. The number of carbonyl (C=O) groups excluding carboxylic acids is 1. The summed E-state index contributed by atoms with van der Waals surface area (Å²) in [5.41, 5.74) is -0.785. The number of nitrogens with zero attached hydrogens (tertiary/aromatic N) is 3. The van der Waals surface area contributed by atoms with E-state index in [9.17, 15) is 24.9 Å². The molecule has 1 saturated heterocycles. The third kappa shape index (κ3) is 2.95. The highest BCUT2D eigenvalue weighted by Crippen LogP contribution is 2.60. The van der Waals surface area contributed by atoms with Gasteiger partial charge in [0.05, 0.1) is 18.3 Å². The number of amides is 1. The Morgan fingerprint density at radius 1 is 1.19 bits per heavy atom. The van der Waals surface area contributed by atoms with Crippen LogP contribution in [0.15, 0.2) is 11.1 Å². The minimum absolute atomic E-state index is 0.0236. The molecule has 4 aliphatic carbocycles. The number of carbonyl (C=O) groups is 1. The lowest BCUT2D eigenvalue weighted by molar-refractivity contribution is -0.140. The summed E-state index contributed by atoms with van der Waals surface area (Å²) in [7, 11) is 0. The number of rotatable bonds is 4. The Morgan fingerprint density at radius 3 is 2.44 bits per heavy atom. The van der Waals surface area contributed by atoms with Crippen molar-refractivity contribution in [2.75, 3.05) is 11.9 Å². The molecular formula is C21H27N5O6. The Kier molecular flexibility index (Phi) is 4.49. The number of ether oxygens (including phenoxy) is 1. The number of anilines is 1. The molecule has 32 heavy (non-hydrogen) atoms. The lowest BCUT2D eigenvalue weighted by Gasteiger charge is -2.55. The fraction of sp³-hybridized carbons (Fsp3) is 0.714. The molecule has 4 atom stereocenters. The molecule has 4 saturated carbocycles. The van der Waals surface area contributed by atoms with Crippen LogP contribution in [-0.4, -0.2) is 65.7 Å². The highest BCUT2D eigenvalue weighted by atomic mass is 16.6. The normalized spacial score (nSPS) is 40.3. The summed E-state index contributed by atoms with van der Waals surface area (Å²) in [6, 6.07) is 0. The maximum atomic E-state index is 13.3. The molecule has 0 unspecified atom stereocenters. The first kappa shape index (κ1) is 20.3. The monoisotopic (exact) mass is 445 g/mol. The number of fused-ring (bicyclic) bond motifs is 1. The molecule has 11 heteroatoms. The van der Waals surface area contributed by atoms with Gasteiger partial charge in [-0.05, 0) is 56.3 Å². The van der Waals surface area contributed by atoms with Gasteiger partial charge < -0.3 is 20.1 Å². The van der Waals surface area contributed by atoms with Crippen molar-refractivity contribution < 1.29 is 24.9 Å². The smallest absolute Gasteiger partial charge is 0.280 e. The summed E-state index contributed by atoms with van der Waals surface area (Å²) in [4.78, 5) is 37.0. The van der Waals surface area contributed by atoms with Crippen molar-refractivity contribution in [1.82, 2.24) is 19.5 Å². The lowest BCUT2D eigenvalue weighted by Crippen LogP contribution is -2.52. The number of aliphatic hydroxyl groups excluding tert-OH is 3.